The normalized spacial score (nSPS) is 22.2. The molecule has 1 saturated carbocycles. The summed E-state index contributed by atoms with van der Waals surface area (Å²) in [7, 11) is -3.24. The molecule has 1 aliphatic rings. The molecule has 2 atom stereocenters. The first kappa shape index (κ1) is 15.5. The molecular formula is C15H23NO3S. The van der Waals surface area contributed by atoms with E-state index in [4.69, 9.17) is 4.74 Å². The molecule has 0 heterocycles. The number of sulfonamides is 1. The highest BCUT2D eigenvalue weighted by atomic mass is 32.2. The summed E-state index contributed by atoms with van der Waals surface area (Å²) in [4.78, 5) is 0. The Balaban J connectivity index is 1.85. The Morgan fingerprint density at radius 3 is 2.70 bits per heavy atom. The number of ether oxygens (including phenoxy) is 1. The molecule has 0 saturated heterocycles. The fourth-order valence-electron chi connectivity index (χ4n) is 2.35. The van der Waals surface area contributed by atoms with Crippen molar-refractivity contribution in [3.05, 3.63) is 35.4 Å². The minimum atomic E-state index is -3.24. The molecule has 1 fully saturated rings. The van der Waals surface area contributed by atoms with Gasteiger partial charge in [-0.3, -0.25) is 0 Å². The SMILES string of the molecule is Cc1ccccc1[C@H]1C[C@@H]1NS(=O)(=O)CCOC(C)C. The van der Waals surface area contributed by atoms with Crippen molar-refractivity contribution in [2.75, 3.05) is 12.4 Å². The third-order valence-electron chi connectivity index (χ3n) is 3.51. The van der Waals surface area contributed by atoms with Crippen LogP contribution in [0.25, 0.3) is 0 Å². The zero-order chi connectivity index (χ0) is 14.8. The molecule has 0 aliphatic heterocycles. The second-order valence-electron chi connectivity index (χ2n) is 5.66. The van der Waals surface area contributed by atoms with Gasteiger partial charge >= 0.3 is 0 Å². The van der Waals surface area contributed by atoms with E-state index in [0.29, 0.717) is 5.92 Å². The summed E-state index contributed by atoms with van der Waals surface area (Å²) in [5.41, 5.74) is 2.47. The van der Waals surface area contributed by atoms with Crippen molar-refractivity contribution in [1.82, 2.24) is 4.72 Å². The van der Waals surface area contributed by atoms with E-state index < -0.39 is 10.0 Å². The molecule has 5 heteroatoms. The summed E-state index contributed by atoms with van der Waals surface area (Å²) >= 11 is 0. The molecule has 1 aromatic carbocycles. The summed E-state index contributed by atoms with van der Waals surface area (Å²) in [6, 6.07) is 8.19. The average Bonchev–Trinajstić information content (AvgIpc) is 3.07. The zero-order valence-electron chi connectivity index (χ0n) is 12.3. The van der Waals surface area contributed by atoms with Gasteiger partial charge in [0.1, 0.15) is 0 Å². The highest BCUT2D eigenvalue weighted by molar-refractivity contribution is 7.89. The molecule has 4 nitrogen and oxygen atoms in total. The first-order chi connectivity index (χ1) is 9.39. The molecule has 0 aromatic heterocycles. The molecule has 1 aromatic rings. The Kier molecular flexibility index (Phi) is 4.83. The molecule has 20 heavy (non-hydrogen) atoms. The van der Waals surface area contributed by atoms with Gasteiger partial charge < -0.3 is 4.74 Å². The molecular weight excluding hydrogens is 274 g/mol. The van der Waals surface area contributed by atoms with E-state index in [0.717, 1.165) is 6.42 Å². The van der Waals surface area contributed by atoms with Gasteiger partial charge in [-0.2, -0.15) is 0 Å². The summed E-state index contributed by atoms with van der Waals surface area (Å²) in [5, 5.41) is 0. The first-order valence-electron chi connectivity index (χ1n) is 7.06. The lowest BCUT2D eigenvalue weighted by Crippen LogP contribution is -2.31. The van der Waals surface area contributed by atoms with Crippen molar-refractivity contribution in [2.24, 2.45) is 0 Å². The largest absolute Gasteiger partial charge is 0.378 e. The summed E-state index contributed by atoms with van der Waals surface area (Å²) in [6.07, 6.45) is 0.945. The van der Waals surface area contributed by atoms with Crippen LogP contribution < -0.4 is 4.72 Å². The van der Waals surface area contributed by atoms with Crippen LogP contribution in [0.2, 0.25) is 0 Å². The molecule has 0 radical (unpaired) electrons. The molecule has 0 spiro atoms. The van der Waals surface area contributed by atoms with Crippen LogP contribution in [-0.4, -0.2) is 32.9 Å². The third kappa shape index (κ3) is 4.30. The Bertz CT molecular complexity index is 554. The Morgan fingerprint density at radius 2 is 2.05 bits per heavy atom. The summed E-state index contributed by atoms with van der Waals surface area (Å²) in [6.45, 7) is 6.11. The predicted octanol–water partition coefficient (Wildman–Crippen LogP) is 2.20. The van der Waals surface area contributed by atoms with Gasteiger partial charge in [0.05, 0.1) is 18.5 Å². The number of hydrogen-bond acceptors (Lipinski definition) is 3. The number of hydrogen-bond donors (Lipinski definition) is 1. The van der Waals surface area contributed by atoms with E-state index in [1.807, 2.05) is 26.0 Å². The van der Waals surface area contributed by atoms with Crippen LogP contribution in [0.15, 0.2) is 24.3 Å². The van der Waals surface area contributed by atoms with Gasteiger partial charge in [0.15, 0.2) is 0 Å². The second-order valence-corrected chi connectivity index (χ2v) is 7.53. The van der Waals surface area contributed by atoms with Crippen molar-refractivity contribution < 1.29 is 13.2 Å². The van der Waals surface area contributed by atoms with Gasteiger partial charge in [0.2, 0.25) is 10.0 Å². The minimum Gasteiger partial charge on any atom is -0.378 e. The van der Waals surface area contributed by atoms with Gasteiger partial charge in [0, 0.05) is 12.0 Å². The van der Waals surface area contributed by atoms with E-state index >= 15 is 0 Å². The average molecular weight is 297 g/mol. The van der Waals surface area contributed by atoms with Crippen LogP contribution in [-0.2, 0) is 14.8 Å². The lowest BCUT2D eigenvalue weighted by Gasteiger charge is -2.10. The van der Waals surface area contributed by atoms with Crippen LogP contribution in [0.4, 0.5) is 0 Å². The number of rotatable bonds is 7. The third-order valence-corrected chi connectivity index (χ3v) is 4.88. The first-order valence-corrected chi connectivity index (χ1v) is 8.71. The Hall–Kier alpha value is -0.910. The van der Waals surface area contributed by atoms with Crippen molar-refractivity contribution in [3.8, 4) is 0 Å². The molecule has 1 N–H and O–H groups in total. The monoisotopic (exact) mass is 297 g/mol. The lowest BCUT2D eigenvalue weighted by atomic mass is 10.0. The van der Waals surface area contributed by atoms with E-state index in [-0.39, 0.29) is 24.5 Å². The molecule has 2 rings (SSSR count). The lowest BCUT2D eigenvalue weighted by molar-refractivity contribution is 0.0911. The van der Waals surface area contributed by atoms with Gasteiger partial charge in [-0.05, 0) is 38.3 Å². The van der Waals surface area contributed by atoms with Gasteiger partial charge in [-0.1, -0.05) is 24.3 Å². The Morgan fingerprint density at radius 1 is 1.35 bits per heavy atom. The van der Waals surface area contributed by atoms with Gasteiger partial charge in [0.25, 0.3) is 0 Å². The van der Waals surface area contributed by atoms with Crippen LogP contribution in [0, 0.1) is 6.92 Å². The summed E-state index contributed by atoms with van der Waals surface area (Å²) in [5.74, 6) is 0.347. The molecule has 0 amide bonds. The summed E-state index contributed by atoms with van der Waals surface area (Å²) < 4.78 is 31.9. The van der Waals surface area contributed by atoms with E-state index in [9.17, 15) is 8.42 Å². The van der Waals surface area contributed by atoms with E-state index in [1.54, 1.807) is 0 Å². The smallest absolute Gasteiger partial charge is 0.214 e. The topological polar surface area (TPSA) is 55.4 Å². The van der Waals surface area contributed by atoms with Gasteiger partial charge in [-0.25, -0.2) is 13.1 Å². The van der Waals surface area contributed by atoms with Crippen molar-refractivity contribution in [1.29, 1.82) is 0 Å². The molecule has 0 unspecified atom stereocenters. The van der Waals surface area contributed by atoms with Gasteiger partial charge in [-0.15, -0.1) is 0 Å². The fourth-order valence-corrected chi connectivity index (χ4v) is 3.51. The maximum atomic E-state index is 11.9. The van der Waals surface area contributed by atoms with Crippen LogP contribution >= 0.6 is 0 Å². The molecule has 0 bridgehead atoms. The highest BCUT2D eigenvalue weighted by Gasteiger charge is 2.41. The van der Waals surface area contributed by atoms with E-state index in [2.05, 4.69) is 23.8 Å². The maximum Gasteiger partial charge on any atom is 0.214 e. The second kappa shape index (κ2) is 6.24. The predicted molar refractivity (Wildman–Crippen MR) is 80.3 cm³/mol. The van der Waals surface area contributed by atoms with E-state index in [1.165, 1.54) is 11.1 Å². The van der Waals surface area contributed by atoms with Crippen molar-refractivity contribution >= 4 is 10.0 Å². The quantitative estimate of drug-likeness (QED) is 0.839. The van der Waals surface area contributed by atoms with Crippen LogP contribution in [0.1, 0.15) is 37.3 Å². The molecule has 112 valence electrons. The van der Waals surface area contributed by atoms with Crippen molar-refractivity contribution in [2.45, 2.75) is 45.3 Å². The van der Waals surface area contributed by atoms with Crippen LogP contribution in [0.3, 0.4) is 0 Å². The maximum absolute atomic E-state index is 11.9. The number of aryl methyl sites for hydroxylation is 1. The Labute approximate surface area is 121 Å². The molecule has 1 aliphatic carbocycles. The highest BCUT2D eigenvalue weighted by Crippen LogP contribution is 2.42. The zero-order valence-corrected chi connectivity index (χ0v) is 13.1. The standard InChI is InChI=1S/C15H23NO3S/c1-11(2)19-8-9-20(17,18)16-15-10-14(15)13-7-5-4-6-12(13)3/h4-7,11,14-16H,8-10H2,1-3H3/t14-,15+/m1/s1. The fraction of sp³-hybridized carbons (Fsp3) is 0.600. The minimum absolute atomic E-state index is 0.0299. The number of nitrogens with one attached hydrogen (secondary N) is 1. The van der Waals surface area contributed by atoms with Crippen LogP contribution in [0.5, 0.6) is 0 Å². The number of benzene rings is 1. The van der Waals surface area contributed by atoms with Crippen molar-refractivity contribution in [3.63, 3.8) is 0 Å².